The van der Waals surface area contributed by atoms with E-state index in [1.807, 2.05) is 13.8 Å². The molecule has 0 aromatic carbocycles. The second kappa shape index (κ2) is 2.30. The lowest BCUT2D eigenvalue weighted by molar-refractivity contribution is 0.0605. The van der Waals surface area contributed by atoms with Crippen molar-refractivity contribution in [2.24, 2.45) is 5.92 Å². The third kappa shape index (κ3) is 0.885. The minimum Gasteiger partial charge on any atom is -0.461 e. The molecule has 0 amide bonds. The molecule has 1 aromatic heterocycles. The predicted molar refractivity (Wildman–Crippen MR) is 51.9 cm³/mol. The molecule has 0 spiro atoms. The maximum Gasteiger partial charge on any atom is 0.301 e. The molecule has 0 saturated carbocycles. The average Bonchev–Trinajstić information content (AvgIpc) is 2.58. The van der Waals surface area contributed by atoms with E-state index in [0.29, 0.717) is 5.76 Å². The van der Waals surface area contributed by atoms with E-state index in [0.717, 1.165) is 5.76 Å². The van der Waals surface area contributed by atoms with Crippen molar-refractivity contribution in [3.63, 3.8) is 0 Å². The van der Waals surface area contributed by atoms with Gasteiger partial charge in [0.2, 0.25) is 0 Å². The van der Waals surface area contributed by atoms with Gasteiger partial charge in [0.05, 0.1) is 5.92 Å². The van der Waals surface area contributed by atoms with Crippen LogP contribution in [0.15, 0.2) is 15.4 Å². The smallest absolute Gasteiger partial charge is 0.301 e. The van der Waals surface area contributed by atoms with Crippen molar-refractivity contribution in [3.05, 3.63) is 17.6 Å². The molecular weight excluding hydrogens is 216 g/mol. The van der Waals surface area contributed by atoms with E-state index < -0.39 is 15.7 Å². The van der Waals surface area contributed by atoms with Crippen LogP contribution in [0, 0.1) is 5.92 Å². The molecule has 4 nitrogen and oxygen atoms in total. The second-order valence-corrected chi connectivity index (χ2v) is 6.22. The first kappa shape index (κ1) is 9.42. The number of hydrogen-bond donors (Lipinski definition) is 0. The van der Waals surface area contributed by atoms with Crippen LogP contribution in [-0.4, -0.2) is 8.42 Å². The molecule has 2 unspecified atom stereocenters. The van der Waals surface area contributed by atoms with E-state index in [1.54, 1.807) is 13.0 Å². The van der Waals surface area contributed by atoms with Crippen LogP contribution >= 0.6 is 0 Å². The minimum atomic E-state index is -3.58. The Balaban J connectivity index is 2.29. The SMILES string of the molecule is CC(C)C1c2cc3c(o2)C1(C)OS3(=O)=O. The molecule has 3 heterocycles. The van der Waals surface area contributed by atoms with Gasteiger partial charge in [0, 0.05) is 6.07 Å². The molecule has 2 atom stereocenters. The summed E-state index contributed by atoms with van der Waals surface area (Å²) < 4.78 is 34.0. The van der Waals surface area contributed by atoms with E-state index in [2.05, 4.69) is 0 Å². The lowest BCUT2D eigenvalue weighted by atomic mass is 9.77. The summed E-state index contributed by atoms with van der Waals surface area (Å²) in [6.45, 7) is 5.86. The van der Waals surface area contributed by atoms with E-state index in [4.69, 9.17) is 8.60 Å². The summed E-state index contributed by atoms with van der Waals surface area (Å²) in [5.41, 5.74) is -0.799. The Morgan fingerprint density at radius 1 is 1.47 bits per heavy atom. The number of fused-ring (bicyclic) bond motifs is 1. The van der Waals surface area contributed by atoms with Gasteiger partial charge in [0.25, 0.3) is 0 Å². The molecule has 15 heavy (non-hydrogen) atoms. The molecule has 0 radical (unpaired) electrons. The number of hydrogen-bond acceptors (Lipinski definition) is 4. The summed E-state index contributed by atoms with van der Waals surface area (Å²) in [6, 6.07) is 1.60. The Morgan fingerprint density at radius 3 is 2.73 bits per heavy atom. The van der Waals surface area contributed by atoms with Crippen LogP contribution in [0.5, 0.6) is 0 Å². The molecule has 3 rings (SSSR count). The highest BCUT2D eigenvalue weighted by Crippen LogP contribution is 2.59. The van der Waals surface area contributed by atoms with Crippen LogP contribution in [0.2, 0.25) is 0 Å². The van der Waals surface area contributed by atoms with Gasteiger partial charge in [-0.05, 0) is 12.8 Å². The van der Waals surface area contributed by atoms with Crippen molar-refractivity contribution >= 4 is 10.1 Å². The Kier molecular flexibility index (Phi) is 1.44. The molecule has 0 saturated heterocycles. The summed E-state index contributed by atoms with van der Waals surface area (Å²) in [4.78, 5) is 0.219. The first-order valence-corrected chi connectivity index (χ1v) is 6.37. The normalized spacial score (nSPS) is 35.3. The van der Waals surface area contributed by atoms with Gasteiger partial charge < -0.3 is 4.42 Å². The predicted octanol–water partition coefficient (Wildman–Crippen LogP) is 1.97. The van der Waals surface area contributed by atoms with Crippen molar-refractivity contribution in [3.8, 4) is 0 Å². The molecule has 2 aliphatic heterocycles. The molecular formula is C10H12O4S. The summed E-state index contributed by atoms with van der Waals surface area (Å²) in [5.74, 6) is 1.51. The Bertz CT molecular complexity index is 540. The zero-order valence-corrected chi connectivity index (χ0v) is 9.59. The molecule has 0 aliphatic carbocycles. The van der Waals surface area contributed by atoms with Gasteiger partial charge in [-0.25, -0.2) is 0 Å². The lowest BCUT2D eigenvalue weighted by Crippen LogP contribution is -2.30. The van der Waals surface area contributed by atoms with Gasteiger partial charge in [0.15, 0.2) is 11.4 Å². The Morgan fingerprint density at radius 2 is 2.13 bits per heavy atom. The zero-order chi connectivity index (χ0) is 11.0. The molecule has 1 aromatic rings. The zero-order valence-electron chi connectivity index (χ0n) is 8.77. The largest absolute Gasteiger partial charge is 0.461 e. The first-order chi connectivity index (χ1) is 6.86. The van der Waals surface area contributed by atoms with Crippen molar-refractivity contribution in [1.82, 2.24) is 0 Å². The van der Waals surface area contributed by atoms with E-state index in [9.17, 15) is 8.42 Å². The molecule has 5 heteroatoms. The van der Waals surface area contributed by atoms with Crippen LogP contribution in [0.4, 0.5) is 0 Å². The van der Waals surface area contributed by atoms with Crippen LogP contribution in [-0.2, 0) is 19.9 Å². The maximum absolute atomic E-state index is 11.6. The fourth-order valence-electron chi connectivity index (χ4n) is 2.82. The number of furan rings is 1. The summed E-state index contributed by atoms with van der Waals surface area (Å²) in [6.07, 6.45) is 0. The lowest BCUT2D eigenvalue weighted by Gasteiger charge is -2.27. The van der Waals surface area contributed by atoms with Crippen molar-refractivity contribution in [1.29, 1.82) is 0 Å². The Labute approximate surface area is 88.4 Å². The molecule has 2 bridgehead atoms. The Hall–Kier alpha value is -0.810. The van der Waals surface area contributed by atoms with E-state index in [-0.39, 0.29) is 16.7 Å². The summed E-state index contributed by atoms with van der Waals surface area (Å²) >= 11 is 0. The molecule has 0 N–H and O–H groups in total. The van der Waals surface area contributed by atoms with Crippen LogP contribution in [0.25, 0.3) is 0 Å². The van der Waals surface area contributed by atoms with Gasteiger partial charge in [-0.15, -0.1) is 0 Å². The molecule has 82 valence electrons. The van der Waals surface area contributed by atoms with Crippen LogP contribution in [0.1, 0.15) is 38.2 Å². The monoisotopic (exact) mass is 228 g/mol. The highest BCUT2D eigenvalue weighted by atomic mass is 32.2. The topological polar surface area (TPSA) is 56.5 Å². The third-order valence-electron chi connectivity index (χ3n) is 3.29. The van der Waals surface area contributed by atoms with Crippen molar-refractivity contribution in [2.45, 2.75) is 37.2 Å². The van der Waals surface area contributed by atoms with Crippen molar-refractivity contribution < 1.29 is 17.0 Å². The van der Waals surface area contributed by atoms with Crippen LogP contribution in [0.3, 0.4) is 0 Å². The van der Waals surface area contributed by atoms with E-state index in [1.165, 1.54) is 0 Å². The fourth-order valence-corrected chi connectivity index (χ4v) is 4.27. The highest BCUT2D eigenvalue weighted by Gasteiger charge is 2.60. The minimum absolute atomic E-state index is 0.00789. The van der Waals surface area contributed by atoms with Gasteiger partial charge in [-0.1, -0.05) is 13.8 Å². The van der Waals surface area contributed by atoms with Gasteiger partial charge in [-0.3, -0.25) is 4.18 Å². The maximum atomic E-state index is 11.6. The fraction of sp³-hybridized carbons (Fsp3) is 0.600. The molecule has 2 aliphatic rings. The average molecular weight is 228 g/mol. The summed E-state index contributed by atoms with van der Waals surface area (Å²) in [5, 5.41) is 0. The van der Waals surface area contributed by atoms with Gasteiger partial charge >= 0.3 is 10.1 Å². The quantitative estimate of drug-likeness (QED) is 0.689. The van der Waals surface area contributed by atoms with Gasteiger partial charge in [-0.2, -0.15) is 8.42 Å². The van der Waals surface area contributed by atoms with E-state index >= 15 is 0 Å². The highest BCUT2D eigenvalue weighted by molar-refractivity contribution is 7.87. The van der Waals surface area contributed by atoms with Crippen LogP contribution < -0.4 is 0 Å². The van der Waals surface area contributed by atoms with Crippen molar-refractivity contribution in [2.75, 3.05) is 0 Å². The first-order valence-electron chi connectivity index (χ1n) is 4.96. The number of rotatable bonds is 1. The third-order valence-corrected chi connectivity index (χ3v) is 4.69. The molecule has 0 fully saturated rings. The standard InChI is InChI=1S/C10H12O4S/c1-5(2)8-6-4-7-9(13-6)10(8,3)14-15(7,11)12/h4-5,8H,1-3H3. The van der Waals surface area contributed by atoms with Gasteiger partial charge in [0.1, 0.15) is 10.7 Å². The summed E-state index contributed by atoms with van der Waals surface area (Å²) in [7, 11) is -3.58. The second-order valence-electron chi connectivity index (χ2n) is 4.71.